The Morgan fingerprint density at radius 2 is 2.06 bits per heavy atom. The van der Waals surface area contributed by atoms with E-state index in [1.807, 2.05) is 0 Å². The van der Waals surface area contributed by atoms with Gasteiger partial charge in [-0.05, 0) is 7.05 Å². The highest BCUT2D eigenvalue weighted by Crippen LogP contribution is 2.20. The number of nitrogens with zero attached hydrogens (tertiary/aromatic N) is 4. The molecule has 0 unspecified atom stereocenters. The fourth-order valence-corrected chi connectivity index (χ4v) is 2.29. The minimum Gasteiger partial charge on any atom is -0.363 e. The Labute approximate surface area is 104 Å². The van der Waals surface area contributed by atoms with Crippen molar-refractivity contribution in [1.82, 2.24) is 19.9 Å². The molecule has 1 saturated heterocycles. The van der Waals surface area contributed by atoms with Crippen molar-refractivity contribution in [3.05, 3.63) is 29.1 Å². The molecule has 2 aromatic heterocycles. The number of nitrogens with one attached hydrogen (secondary N) is 1. The standard InChI is InChI=1S/C12H15N5O/c1-16-2-4-17(5-3-16)11-10-9(6-13-8-15-10)7-14-12(11)18/h6-8H,2-5H2,1H3,(H,14,18). The number of fused-ring (bicyclic) bond motifs is 1. The predicted molar refractivity (Wildman–Crippen MR) is 69.9 cm³/mol. The molecule has 3 rings (SSSR count). The third-order valence-electron chi connectivity index (χ3n) is 3.36. The summed E-state index contributed by atoms with van der Waals surface area (Å²) in [7, 11) is 2.09. The van der Waals surface area contributed by atoms with Crippen LogP contribution in [-0.2, 0) is 0 Å². The van der Waals surface area contributed by atoms with Crippen molar-refractivity contribution >= 4 is 16.6 Å². The van der Waals surface area contributed by atoms with Gasteiger partial charge in [-0.1, -0.05) is 0 Å². The lowest BCUT2D eigenvalue weighted by Crippen LogP contribution is -2.46. The quantitative estimate of drug-likeness (QED) is 0.770. The Kier molecular flexibility index (Phi) is 2.71. The molecule has 1 aliphatic heterocycles. The first kappa shape index (κ1) is 11.2. The fraction of sp³-hybridized carbons (Fsp3) is 0.417. The van der Waals surface area contributed by atoms with Crippen LogP contribution in [0.4, 0.5) is 5.69 Å². The summed E-state index contributed by atoms with van der Waals surface area (Å²) in [5.74, 6) is 0. The minimum absolute atomic E-state index is 0.0780. The summed E-state index contributed by atoms with van der Waals surface area (Å²) >= 11 is 0. The van der Waals surface area contributed by atoms with E-state index in [0.29, 0.717) is 5.69 Å². The molecule has 0 saturated carbocycles. The van der Waals surface area contributed by atoms with Crippen molar-refractivity contribution < 1.29 is 0 Å². The maximum atomic E-state index is 12.0. The van der Waals surface area contributed by atoms with Crippen LogP contribution in [0.1, 0.15) is 0 Å². The molecule has 2 aromatic rings. The number of hydrogen-bond acceptors (Lipinski definition) is 5. The molecule has 6 heteroatoms. The molecule has 0 radical (unpaired) electrons. The fourth-order valence-electron chi connectivity index (χ4n) is 2.29. The van der Waals surface area contributed by atoms with Gasteiger partial charge in [-0.2, -0.15) is 0 Å². The average Bonchev–Trinajstić information content (AvgIpc) is 2.40. The smallest absolute Gasteiger partial charge is 0.273 e. The number of likely N-dealkylation sites (N-methyl/N-ethyl adjacent to an activating group) is 1. The van der Waals surface area contributed by atoms with E-state index < -0.39 is 0 Å². The van der Waals surface area contributed by atoms with Crippen LogP contribution >= 0.6 is 0 Å². The van der Waals surface area contributed by atoms with Crippen molar-refractivity contribution in [2.45, 2.75) is 0 Å². The number of H-pyrrole nitrogens is 1. The highest BCUT2D eigenvalue weighted by molar-refractivity contribution is 5.88. The predicted octanol–water partition coefficient (Wildman–Crippen LogP) is 0.0699. The van der Waals surface area contributed by atoms with E-state index >= 15 is 0 Å². The molecule has 1 N–H and O–H groups in total. The largest absolute Gasteiger partial charge is 0.363 e. The topological polar surface area (TPSA) is 65.1 Å². The van der Waals surface area contributed by atoms with Gasteiger partial charge in [-0.3, -0.25) is 4.79 Å². The molecule has 6 nitrogen and oxygen atoms in total. The van der Waals surface area contributed by atoms with Crippen LogP contribution < -0.4 is 10.5 Å². The van der Waals surface area contributed by atoms with Crippen molar-refractivity contribution in [2.75, 3.05) is 38.1 Å². The lowest BCUT2D eigenvalue weighted by atomic mass is 10.2. The normalized spacial score (nSPS) is 17.3. The SMILES string of the molecule is CN1CCN(c2c(=O)[nH]cc3cncnc23)CC1. The molecule has 0 spiro atoms. The monoisotopic (exact) mass is 245 g/mol. The highest BCUT2D eigenvalue weighted by Gasteiger charge is 2.19. The van der Waals surface area contributed by atoms with E-state index in [-0.39, 0.29) is 5.56 Å². The van der Waals surface area contributed by atoms with Gasteiger partial charge in [0.25, 0.3) is 5.56 Å². The molecule has 3 heterocycles. The van der Waals surface area contributed by atoms with Crippen LogP contribution in [-0.4, -0.2) is 53.1 Å². The summed E-state index contributed by atoms with van der Waals surface area (Å²) in [5.41, 5.74) is 1.33. The highest BCUT2D eigenvalue weighted by atomic mass is 16.1. The molecule has 0 bridgehead atoms. The van der Waals surface area contributed by atoms with Gasteiger partial charge in [0.2, 0.25) is 0 Å². The van der Waals surface area contributed by atoms with E-state index in [1.165, 1.54) is 6.33 Å². The summed E-state index contributed by atoms with van der Waals surface area (Å²) in [4.78, 5) is 27.4. The molecule has 0 aliphatic carbocycles. The number of rotatable bonds is 1. The minimum atomic E-state index is -0.0780. The van der Waals surface area contributed by atoms with Crippen LogP contribution in [0.3, 0.4) is 0 Å². The molecule has 0 amide bonds. The Balaban J connectivity index is 2.10. The van der Waals surface area contributed by atoms with Crippen LogP contribution in [0.2, 0.25) is 0 Å². The summed E-state index contributed by atoms with van der Waals surface area (Å²) in [6, 6.07) is 0. The third-order valence-corrected chi connectivity index (χ3v) is 3.36. The first-order chi connectivity index (χ1) is 8.75. The van der Waals surface area contributed by atoms with Crippen molar-refractivity contribution in [3.8, 4) is 0 Å². The van der Waals surface area contributed by atoms with Crippen LogP contribution in [0.5, 0.6) is 0 Å². The van der Waals surface area contributed by atoms with Crippen LogP contribution in [0, 0.1) is 0 Å². The van der Waals surface area contributed by atoms with Gasteiger partial charge in [0, 0.05) is 44.0 Å². The van der Waals surface area contributed by atoms with Crippen LogP contribution in [0.15, 0.2) is 23.5 Å². The molecule has 1 fully saturated rings. The zero-order valence-electron chi connectivity index (χ0n) is 10.3. The van der Waals surface area contributed by atoms with E-state index in [0.717, 1.165) is 37.1 Å². The van der Waals surface area contributed by atoms with Gasteiger partial charge in [-0.25, -0.2) is 9.97 Å². The molecule has 1 aliphatic rings. The van der Waals surface area contributed by atoms with Gasteiger partial charge < -0.3 is 14.8 Å². The van der Waals surface area contributed by atoms with Crippen molar-refractivity contribution in [2.24, 2.45) is 0 Å². The first-order valence-electron chi connectivity index (χ1n) is 6.00. The Morgan fingerprint density at radius 3 is 2.83 bits per heavy atom. The molecule has 94 valence electrons. The van der Waals surface area contributed by atoms with E-state index in [4.69, 9.17) is 0 Å². The number of pyridine rings is 1. The van der Waals surface area contributed by atoms with Crippen LogP contribution in [0.25, 0.3) is 10.9 Å². The lowest BCUT2D eigenvalue weighted by Gasteiger charge is -2.33. The molecule has 0 aromatic carbocycles. The second-order valence-electron chi connectivity index (χ2n) is 4.58. The van der Waals surface area contributed by atoms with Gasteiger partial charge in [0.05, 0.1) is 0 Å². The van der Waals surface area contributed by atoms with Crippen molar-refractivity contribution in [3.63, 3.8) is 0 Å². The summed E-state index contributed by atoms with van der Waals surface area (Å²) < 4.78 is 0. The second-order valence-corrected chi connectivity index (χ2v) is 4.58. The number of aromatic amines is 1. The Morgan fingerprint density at radius 1 is 1.28 bits per heavy atom. The Bertz CT molecular complexity index is 615. The second kappa shape index (κ2) is 4.38. The Hall–Kier alpha value is -1.95. The van der Waals surface area contributed by atoms with E-state index in [2.05, 4.69) is 31.8 Å². The molecular weight excluding hydrogens is 230 g/mol. The molecule has 18 heavy (non-hydrogen) atoms. The van der Waals surface area contributed by atoms with Crippen molar-refractivity contribution in [1.29, 1.82) is 0 Å². The zero-order chi connectivity index (χ0) is 12.5. The number of piperazine rings is 1. The van der Waals surface area contributed by atoms with Gasteiger partial charge in [-0.15, -0.1) is 0 Å². The maximum absolute atomic E-state index is 12.0. The summed E-state index contributed by atoms with van der Waals surface area (Å²) in [5, 5.41) is 0.867. The summed E-state index contributed by atoms with van der Waals surface area (Å²) in [6.07, 6.45) is 4.87. The zero-order valence-corrected chi connectivity index (χ0v) is 10.3. The number of anilines is 1. The molecule has 0 atom stereocenters. The average molecular weight is 245 g/mol. The van der Waals surface area contributed by atoms with E-state index in [1.54, 1.807) is 12.4 Å². The maximum Gasteiger partial charge on any atom is 0.273 e. The van der Waals surface area contributed by atoms with E-state index in [9.17, 15) is 4.79 Å². The van der Waals surface area contributed by atoms with Gasteiger partial charge >= 0.3 is 0 Å². The molecular formula is C12H15N5O. The third kappa shape index (κ3) is 1.84. The number of aromatic nitrogens is 3. The number of hydrogen-bond donors (Lipinski definition) is 1. The van der Waals surface area contributed by atoms with Gasteiger partial charge in [0.15, 0.2) is 0 Å². The first-order valence-corrected chi connectivity index (χ1v) is 6.00. The lowest BCUT2D eigenvalue weighted by molar-refractivity contribution is 0.313. The summed E-state index contributed by atoms with van der Waals surface area (Å²) in [6.45, 7) is 3.62. The van der Waals surface area contributed by atoms with Gasteiger partial charge in [0.1, 0.15) is 17.5 Å².